The quantitative estimate of drug-likeness (QED) is 0.711. The number of para-hydroxylation sites is 1. The largest absolute Gasteiger partial charge is 0.453 e. The van der Waals surface area contributed by atoms with Crippen LogP contribution in [-0.4, -0.2) is 5.78 Å². The van der Waals surface area contributed by atoms with Gasteiger partial charge < -0.3 is 4.42 Å². The molecule has 0 N–H and O–H groups in total. The van der Waals surface area contributed by atoms with Gasteiger partial charge in [0.15, 0.2) is 11.5 Å². The third kappa shape index (κ3) is 2.57. The lowest BCUT2D eigenvalue weighted by Crippen LogP contribution is -2.06. The Morgan fingerprint density at radius 1 is 1.24 bits per heavy atom. The number of benzene rings is 1. The lowest BCUT2D eigenvalue weighted by atomic mass is 9.96. The van der Waals surface area contributed by atoms with E-state index < -0.39 is 0 Å². The fraction of sp³-hybridized carbons (Fsp3) is 0.400. The molecule has 0 aliphatic carbocycles. The van der Waals surface area contributed by atoms with Crippen LogP contribution < -0.4 is 0 Å². The van der Waals surface area contributed by atoms with E-state index >= 15 is 0 Å². The number of hydrogen-bond donors (Lipinski definition) is 0. The topological polar surface area (TPSA) is 30.2 Å². The summed E-state index contributed by atoms with van der Waals surface area (Å²) in [6.45, 7) is 4.25. The van der Waals surface area contributed by atoms with Gasteiger partial charge in [0, 0.05) is 11.8 Å². The summed E-state index contributed by atoms with van der Waals surface area (Å²) < 4.78 is 5.57. The molecule has 90 valence electrons. The van der Waals surface area contributed by atoms with E-state index in [0.717, 1.165) is 23.8 Å². The van der Waals surface area contributed by atoms with Crippen LogP contribution in [-0.2, 0) is 0 Å². The van der Waals surface area contributed by atoms with E-state index in [1.165, 1.54) is 0 Å². The zero-order valence-corrected chi connectivity index (χ0v) is 10.4. The highest BCUT2D eigenvalue weighted by Crippen LogP contribution is 2.22. The van der Waals surface area contributed by atoms with Crippen LogP contribution in [0.1, 0.15) is 43.7 Å². The van der Waals surface area contributed by atoms with Gasteiger partial charge in [0.25, 0.3) is 0 Å². The number of Topliss-reactive ketones (excluding diaryl/α,β-unsaturated/α-hetero) is 1. The minimum Gasteiger partial charge on any atom is -0.453 e. The highest BCUT2D eigenvalue weighted by molar-refractivity contribution is 5.97. The van der Waals surface area contributed by atoms with Crippen LogP contribution in [0.3, 0.4) is 0 Å². The molecule has 2 aromatic rings. The van der Waals surface area contributed by atoms with Crippen LogP contribution in [0.15, 0.2) is 34.7 Å². The second-order valence-corrected chi connectivity index (χ2v) is 4.46. The Morgan fingerprint density at radius 3 is 2.59 bits per heavy atom. The average molecular weight is 230 g/mol. The molecule has 0 fully saturated rings. The van der Waals surface area contributed by atoms with Crippen molar-refractivity contribution in [3.8, 4) is 0 Å². The summed E-state index contributed by atoms with van der Waals surface area (Å²) in [4.78, 5) is 12.0. The van der Waals surface area contributed by atoms with E-state index in [0.29, 0.717) is 18.1 Å². The molecule has 1 heterocycles. The molecule has 0 amide bonds. The highest BCUT2D eigenvalue weighted by Gasteiger charge is 2.16. The lowest BCUT2D eigenvalue weighted by molar-refractivity contribution is 0.0933. The van der Waals surface area contributed by atoms with E-state index in [1.807, 2.05) is 30.3 Å². The molecule has 1 aromatic carbocycles. The molecule has 0 saturated carbocycles. The molecule has 0 bridgehead atoms. The number of rotatable bonds is 5. The molecule has 0 spiro atoms. The predicted molar refractivity (Wildman–Crippen MR) is 69.2 cm³/mol. The van der Waals surface area contributed by atoms with Crippen molar-refractivity contribution in [1.82, 2.24) is 0 Å². The van der Waals surface area contributed by atoms with Crippen molar-refractivity contribution in [2.45, 2.75) is 33.1 Å². The van der Waals surface area contributed by atoms with E-state index in [2.05, 4.69) is 13.8 Å². The number of hydrogen-bond acceptors (Lipinski definition) is 2. The summed E-state index contributed by atoms with van der Waals surface area (Å²) in [5, 5.41) is 1.00. The molecule has 1 aromatic heterocycles. The number of carbonyl (C=O) groups is 1. The van der Waals surface area contributed by atoms with Gasteiger partial charge in [0.1, 0.15) is 5.58 Å². The first kappa shape index (κ1) is 11.9. The zero-order chi connectivity index (χ0) is 12.3. The minimum absolute atomic E-state index is 0.120. The molecule has 2 heteroatoms. The van der Waals surface area contributed by atoms with Crippen LogP contribution in [0.5, 0.6) is 0 Å². The Balaban J connectivity index is 2.19. The van der Waals surface area contributed by atoms with Gasteiger partial charge in [-0.15, -0.1) is 0 Å². The van der Waals surface area contributed by atoms with Crippen molar-refractivity contribution >= 4 is 16.8 Å². The molecule has 2 nitrogen and oxygen atoms in total. The second-order valence-electron chi connectivity index (χ2n) is 4.46. The molecule has 2 rings (SSSR count). The fourth-order valence-corrected chi connectivity index (χ4v) is 2.06. The van der Waals surface area contributed by atoms with Gasteiger partial charge >= 0.3 is 0 Å². The van der Waals surface area contributed by atoms with Gasteiger partial charge in [-0.3, -0.25) is 4.79 Å². The van der Waals surface area contributed by atoms with Crippen molar-refractivity contribution in [3.63, 3.8) is 0 Å². The van der Waals surface area contributed by atoms with Crippen molar-refractivity contribution in [1.29, 1.82) is 0 Å². The van der Waals surface area contributed by atoms with Gasteiger partial charge in [-0.05, 0) is 18.1 Å². The maximum atomic E-state index is 12.0. The van der Waals surface area contributed by atoms with E-state index in [-0.39, 0.29) is 5.78 Å². The SMILES string of the molecule is CCC(CC)CC(=O)c1cc2ccccc2o1. The highest BCUT2D eigenvalue weighted by atomic mass is 16.3. The van der Waals surface area contributed by atoms with Crippen LogP contribution in [0.4, 0.5) is 0 Å². The smallest absolute Gasteiger partial charge is 0.198 e. The molecule has 0 aliphatic heterocycles. The van der Waals surface area contributed by atoms with Crippen LogP contribution in [0, 0.1) is 5.92 Å². The third-order valence-corrected chi connectivity index (χ3v) is 3.33. The molecular weight excluding hydrogens is 212 g/mol. The first-order valence-electron chi connectivity index (χ1n) is 6.26. The molecular formula is C15H18O2. The normalized spacial score (nSPS) is 11.2. The Kier molecular flexibility index (Phi) is 3.62. The summed E-state index contributed by atoms with van der Waals surface area (Å²) in [5.41, 5.74) is 0.792. The monoisotopic (exact) mass is 230 g/mol. The standard InChI is InChI=1S/C15H18O2/c1-3-11(4-2)9-13(16)15-10-12-7-5-6-8-14(12)17-15/h5-8,10-11H,3-4,9H2,1-2H3. The van der Waals surface area contributed by atoms with E-state index in [4.69, 9.17) is 4.42 Å². The number of fused-ring (bicyclic) bond motifs is 1. The summed E-state index contributed by atoms with van der Waals surface area (Å²) in [5.74, 6) is 1.09. The fourth-order valence-electron chi connectivity index (χ4n) is 2.06. The van der Waals surface area contributed by atoms with Crippen LogP contribution in [0.2, 0.25) is 0 Å². The summed E-state index contributed by atoms with van der Waals surface area (Å²) in [6.07, 6.45) is 2.68. The molecule has 0 aliphatic rings. The van der Waals surface area contributed by atoms with Crippen molar-refractivity contribution < 1.29 is 9.21 Å². The van der Waals surface area contributed by atoms with Crippen molar-refractivity contribution in [3.05, 3.63) is 36.1 Å². The van der Waals surface area contributed by atoms with E-state index in [1.54, 1.807) is 0 Å². The molecule has 0 saturated heterocycles. The first-order chi connectivity index (χ1) is 8.24. The first-order valence-corrected chi connectivity index (χ1v) is 6.26. The number of furan rings is 1. The van der Waals surface area contributed by atoms with Gasteiger partial charge in [0.2, 0.25) is 0 Å². The molecule has 0 atom stereocenters. The third-order valence-electron chi connectivity index (χ3n) is 3.33. The summed E-state index contributed by atoms with van der Waals surface area (Å²) in [6, 6.07) is 9.57. The predicted octanol–water partition coefficient (Wildman–Crippen LogP) is 4.44. The van der Waals surface area contributed by atoms with Gasteiger partial charge in [-0.2, -0.15) is 0 Å². The van der Waals surface area contributed by atoms with Crippen LogP contribution in [0.25, 0.3) is 11.0 Å². The summed E-state index contributed by atoms with van der Waals surface area (Å²) >= 11 is 0. The average Bonchev–Trinajstić information content (AvgIpc) is 2.79. The maximum Gasteiger partial charge on any atom is 0.198 e. The van der Waals surface area contributed by atoms with Gasteiger partial charge in [-0.25, -0.2) is 0 Å². The van der Waals surface area contributed by atoms with Gasteiger partial charge in [0.05, 0.1) is 0 Å². The van der Waals surface area contributed by atoms with E-state index in [9.17, 15) is 4.79 Å². The Hall–Kier alpha value is -1.57. The molecule has 17 heavy (non-hydrogen) atoms. The Bertz CT molecular complexity index is 473. The molecule has 0 radical (unpaired) electrons. The van der Waals surface area contributed by atoms with Crippen LogP contribution >= 0.6 is 0 Å². The van der Waals surface area contributed by atoms with Crippen molar-refractivity contribution in [2.75, 3.05) is 0 Å². The molecule has 0 unspecified atom stereocenters. The second kappa shape index (κ2) is 5.17. The Morgan fingerprint density at radius 2 is 1.94 bits per heavy atom. The minimum atomic E-state index is 0.120. The number of ketones is 1. The maximum absolute atomic E-state index is 12.0. The van der Waals surface area contributed by atoms with Crippen molar-refractivity contribution in [2.24, 2.45) is 5.92 Å². The number of carbonyl (C=O) groups excluding carboxylic acids is 1. The van der Waals surface area contributed by atoms with Gasteiger partial charge in [-0.1, -0.05) is 44.9 Å². The Labute approximate surface area is 102 Å². The lowest BCUT2D eigenvalue weighted by Gasteiger charge is -2.09. The zero-order valence-electron chi connectivity index (χ0n) is 10.4. The summed E-state index contributed by atoms with van der Waals surface area (Å²) in [7, 11) is 0.